The van der Waals surface area contributed by atoms with E-state index in [2.05, 4.69) is 10.3 Å². The molecule has 0 saturated heterocycles. The minimum absolute atomic E-state index is 0.0671. The average molecular weight is 257 g/mol. The van der Waals surface area contributed by atoms with Crippen molar-refractivity contribution in [3.8, 4) is 0 Å². The molecule has 4 heteroatoms. The number of pyridine rings is 1. The summed E-state index contributed by atoms with van der Waals surface area (Å²) >= 11 is 0. The Morgan fingerprint density at radius 2 is 2.05 bits per heavy atom. The van der Waals surface area contributed by atoms with Crippen LogP contribution in [-0.4, -0.2) is 35.4 Å². The number of fused-ring (bicyclic) bond motifs is 1. The van der Waals surface area contributed by atoms with Crippen LogP contribution in [0.5, 0.6) is 0 Å². The highest BCUT2D eigenvalue weighted by atomic mass is 16.2. The summed E-state index contributed by atoms with van der Waals surface area (Å²) < 4.78 is 0. The zero-order valence-corrected chi connectivity index (χ0v) is 11.6. The molecule has 1 unspecified atom stereocenters. The van der Waals surface area contributed by atoms with Crippen molar-refractivity contribution in [2.24, 2.45) is 0 Å². The van der Waals surface area contributed by atoms with Crippen LogP contribution >= 0.6 is 0 Å². The fourth-order valence-corrected chi connectivity index (χ4v) is 1.92. The molecule has 100 valence electrons. The maximum atomic E-state index is 12.0. The second kappa shape index (κ2) is 5.69. The van der Waals surface area contributed by atoms with E-state index in [1.54, 1.807) is 11.9 Å². The molecule has 0 saturated carbocycles. The van der Waals surface area contributed by atoms with Gasteiger partial charge in [0.15, 0.2) is 0 Å². The number of likely N-dealkylation sites (N-methyl/N-ethyl adjacent to an activating group) is 1. The highest BCUT2D eigenvalue weighted by Crippen LogP contribution is 2.15. The van der Waals surface area contributed by atoms with Gasteiger partial charge in [-0.3, -0.25) is 4.79 Å². The minimum Gasteiger partial charge on any atom is -0.359 e. The number of para-hydroxylation sites is 1. The number of carbonyl (C=O) groups is 1. The van der Waals surface area contributed by atoms with Gasteiger partial charge in [0.2, 0.25) is 5.91 Å². The maximum Gasteiger partial charge on any atom is 0.244 e. The third-order valence-electron chi connectivity index (χ3n) is 3.18. The summed E-state index contributed by atoms with van der Waals surface area (Å²) in [6, 6.07) is 11.6. The summed E-state index contributed by atoms with van der Waals surface area (Å²) in [4.78, 5) is 18.2. The number of rotatable bonds is 4. The van der Waals surface area contributed by atoms with Crippen LogP contribution in [0.3, 0.4) is 0 Å². The van der Waals surface area contributed by atoms with E-state index in [9.17, 15) is 4.79 Å². The second-order valence-electron chi connectivity index (χ2n) is 4.61. The van der Waals surface area contributed by atoms with E-state index in [4.69, 9.17) is 0 Å². The lowest BCUT2D eigenvalue weighted by Gasteiger charge is -2.21. The van der Waals surface area contributed by atoms with E-state index in [1.807, 2.05) is 50.2 Å². The quantitative estimate of drug-likeness (QED) is 0.915. The molecule has 0 aliphatic carbocycles. The highest BCUT2D eigenvalue weighted by Gasteiger charge is 2.16. The third kappa shape index (κ3) is 3.02. The van der Waals surface area contributed by atoms with E-state index in [0.29, 0.717) is 6.54 Å². The van der Waals surface area contributed by atoms with Crippen molar-refractivity contribution in [3.05, 3.63) is 36.4 Å². The molecule has 1 aromatic heterocycles. The van der Waals surface area contributed by atoms with Gasteiger partial charge in [-0.25, -0.2) is 4.98 Å². The normalized spacial score (nSPS) is 12.2. The summed E-state index contributed by atoms with van der Waals surface area (Å²) in [5, 5.41) is 4.24. The molecule has 2 rings (SSSR count). The zero-order chi connectivity index (χ0) is 13.8. The lowest BCUT2D eigenvalue weighted by atomic mass is 10.2. The van der Waals surface area contributed by atoms with E-state index in [1.165, 1.54) is 0 Å². The number of hydrogen-bond donors (Lipinski definition) is 1. The smallest absolute Gasteiger partial charge is 0.244 e. The second-order valence-corrected chi connectivity index (χ2v) is 4.61. The van der Waals surface area contributed by atoms with Gasteiger partial charge in [-0.05, 0) is 32.0 Å². The van der Waals surface area contributed by atoms with Crippen molar-refractivity contribution in [2.45, 2.75) is 19.9 Å². The Kier molecular flexibility index (Phi) is 4.00. The average Bonchev–Trinajstić information content (AvgIpc) is 2.45. The number of nitrogens with zero attached hydrogens (tertiary/aromatic N) is 2. The first-order chi connectivity index (χ1) is 9.11. The van der Waals surface area contributed by atoms with Gasteiger partial charge in [-0.2, -0.15) is 0 Å². The molecule has 4 nitrogen and oxygen atoms in total. The molecule has 0 spiro atoms. The van der Waals surface area contributed by atoms with Crippen LogP contribution in [0.15, 0.2) is 36.4 Å². The predicted molar refractivity (Wildman–Crippen MR) is 78.1 cm³/mol. The molecule has 19 heavy (non-hydrogen) atoms. The van der Waals surface area contributed by atoms with Gasteiger partial charge in [-0.15, -0.1) is 0 Å². The van der Waals surface area contributed by atoms with Crippen LogP contribution in [0, 0.1) is 0 Å². The van der Waals surface area contributed by atoms with Crippen molar-refractivity contribution in [1.82, 2.24) is 9.88 Å². The van der Waals surface area contributed by atoms with Gasteiger partial charge in [0, 0.05) is 19.0 Å². The molecule has 1 amide bonds. The summed E-state index contributed by atoms with van der Waals surface area (Å²) in [5.41, 5.74) is 0.927. The van der Waals surface area contributed by atoms with Crippen LogP contribution in [0.2, 0.25) is 0 Å². The highest BCUT2D eigenvalue weighted by molar-refractivity contribution is 5.85. The number of nitrogens with one attached hydrogen (secondary N) is 1. The molecule has 0 bridgehead atoms. The Bertz CT molecular complexity index is 582. The SMILES string of the molecule is CCN(C)C(=O)C(C)Nc1ccc2ccccc2n1. The fourth-order valence-electron chi connectivity index (χ4n) is 1.92. The van der Waals surface area contributed by atoms with Gasteiger partial charge in [0.1, 0.15) is 11.9 Å². The van der Waals surface area contributed by atoms with Crippen LogP contribution < -0.4 is 5.32 Å². The molecule has 1 aromatic carbocycles. The lowest BCUT2D eigenvalue weighted by Crippen LogP contribution is -2.39. The number of hydrogen-bond acceptors (Lipinski definition) is 3. The summed E-state index contributed by atoms with van der Waals surface area (Å²) in [5.74, 6) is 0.793. The number of anilines is 1. The van der Waals surface area contributed by atoms with Crippen molar-refractivity contribution in [1.29, 1.82) is 0 Å². The standard InChI is InChI=1S/C15H19N3O/c1-4-18(3)15(19)11(2)16-14-10-9-12-7-5-6-8-13(12)17-14/h5-11H,4H2,1-3H3,(H,16,17). The Morgan fingerprint density at radius 1 is 1.32 bits per heavy atom. The van der Waals surface area contributed by atoms with Gasteiger partial charge < -0.3 is 10.2 Å². The molecule has 0 aliphatic heterocycles. The monoisotopic (exact) mass is 257 g/mol. The predicted octanol–water partition coefficient (Wildman–Crippen LogP) is 2.51. The zero-order valence-electron chi connectivity index (χ0n) is 11.6. The Hall–Kier alpha value is -2.10. The summed E-state index contributed by atoms with van der Waals surface area (Å²) in [6.45, 7) is 4.51. The topological polar surface area (TPSA) is 45.2 Å². The molecule has 0 fully saturated rings. The summed E-state index contributed by atoms with van der Waals surface area (Å²) in [6.07, 6.45) is 0. The van der Waals surface area contributed by atoms with Crippen LogP contribution in [0.1, 0.15) is 13.8 Å². The van der Waals surface area contributed by atoms with E-state index < -0.39 is 0 Å². The van der Waals surface area contributed by atoms with Crippen molar-refractivity contribution in [2.75, 3.05) is 18.9 Å². The van der Waals surface area contributed by atoms with Crippen LogP contribution in [-0.2, 0) is 4.79 Å². The van der Waals surface area contributed by atoms with Crippen molar-refractivity contribution < 1.29 is 4.79 Å². The van der Waals surface area contributed by atoms with Crippen molar-refractivity contribution >= 4 is 22.6 Å². The van der Waals surface area contributed by atoms with Gasteiger partial charge in [0.25, 0.3) is 0 Å². The molecular formula is C15H19N3O. The number of benzene rings is 1. The van der Waals surface area contributed by atoms with Crippen molar-refractivity contribution in [3.63, 3.8) is 0 Å². The molecule has 1 N–H and O–H groups in total. The van der Waals surface area contributed by atoms with Crippen LogP contribution in [0.25, 0.3) is 10.9 Å². The Morgan fingerprint density at radius 3 is 2.79 bits per heavy atom. The van der Waals surface area contributed by atoms with Gasteiger partial charge in [-0.1, -0.05) is 18.2 Å². The first kappa shape index (κ1) is 13.3. The maximum absolute atomic E-state index is 12.0. The first-order valence-electron chi connectivity index (χ1n) is 6.49. The molecule has 1 atom stereocenters. The van der Waals surface area contributed by atoms with E-state index >= 15 is 0 Å². The van der Waals surface area contributed by atoms with E-state index in [-0.39, 0.29) is 11.9 Å². The molecular weight excluding hydrogens is 238 g/mol. The fraction of sp³-hybridized carbons (Fsp3) is 0.333. The number of aromatic nitrogens is 1. The van der Waals surface area contributed by atoms with Gasteiger partial charge >= 0.3 is 0 Å². The molecule has 2 aromatic rings. The lowest BCUT2D eigenvalue weighted by molar-refractivity contribution is -0.130. The third-order valence-corrected chi connectivity index (χ3v) is 3.18. The van der Waals surface area contributed by atoms with Gasteiger partial charge in [0.05, 0.1) is 5.52 Å². The molecule has 0 aliphatic rings. The largest absolute Gasteiger partial charge is 0.359 e. The Labute approximate surface area is 113 Å². The molecule has 1 heterocycles. The first-order valence-corrected chi connectivity index (χ1v) is 6.49. The van der Waals surface area contributed by atoms with Crippen LogP contribution in [0.4, 0.5) is 5.82 Å². The number of amides is 1. The Balaban J connectivity index is 2.15. The molecule has 0 radical (unpaired) electrons. The minimum atomic E-state index is -0.279. The van der Waals surface area contributed by atoms with E-state index in [0.717, 1.165) is 16.7 Å². The number of carbonyl (C=O) groups excluding carboxylic acids is 1. The summed E-state index contributed by atoms with van der Waals surface area (Å²) in [7, 11) is 1.80.